The Bertz CT molecular complexity index is 320. The highest BCUT2D eigenvalue weighted by molar-refractivity contribution is 6.00. The zero-order valence-electron chi connectivity index (χ0n) is 7.86. The first kappa shape index (κ1) is 11.1. The zero-order chi connectivity index (χ0) is 10.6. The van der Waals surface area contributed by atoms with Gasteiger partial charge in [0.2, 0.25) is 0 Å². The second-order valence-electron chi connectivity index (χ2n) is 2.76. The molecule has 4 nitrogen and oxygen atoms in total. The van der Waals surface area contributed by atoms with E-state index in [1.807, 2.05) is 0 Å². The standard InChI is InChI=1S/C8H9B2NO3/c1-5-8(14-10)7(3-12)6(2-11-5)4-13-9/h2,12H,3-4H2,1H3. The van der Waals surface area contributed by atoms with Crippen LogP contribution in [0.2, 0.25) is 0 Å². The number of hydrogen-bond acceptors (Lipinski definition) is 4. The summed E-state index contributed by atoms with van der Waals surface area (Å²) >= 11 is 0. The number of nitrogens with zero attached hydrogens (tertiary/aromatic N) is 1. The topological polar surface area (TPSA) is 51.6 Å². The first-order valence-corrected chi connectivity index (χ1v) is 4.01. The van der Waals surface area contributed by atoms with Gasteiger partial charge in [0.1, 0.15) is 5.75 Å². The molecule has 0 aliphatic rings. The minimum Gasteiger partial charge on any atom is -0.566 e. The van der Waals surface area contributed by atoms with Crippen molar-refractivity contribution in [3.8, 4) is 5.75 Å². The molecule has 14 heavy (non-hydrogen) atoms. The average molecular weight is 189 g/mol. The van der Waals surface area contributed by atoms with Crippen LogP contribution in [0.5, 0.6) is 5.75 Å². The molecule has 0 unspecified atom stereocenters. The summed E-state index contributed by atoms with van der Waals surface area (Å²) in [6, 6.07) is 0. The molecule has 6 heteroatoms. The summed E-state index contributed by atoms with van der Waals surface area (Å²) in [4.78, 5) is 4.03. The highest BCUT2D eigenvalue weighted by Gasteiger charge is 2.11. The van der Waals surface area contributed by atoms with Crippen molar-refractivity contribution >= 4 is 16.1 Å². The van der Waals surface area contributed by atoms with Crippen molar-refractivity contribution in [3.63, 3.8) is 0 Å². The van der Waals surface area contributed by atoms with Gasteiger partial charge in [0.05, 0.1) is 18.9 Å². The molecule has 0 atom stereocenters. The van der Waals surface area contributed by atoms with E-state index in [1.54, 1.807) is 13.1 Å². The zero-order valence-corrected chi connectivity index (χ0v) is 7.86. The Kier molecular flexibility index (Phi) is 3.98. The smallest absolute Gasteiger partial charge is 0.374 e. The maximum absolute atomic E-state index is 9.12. The van der Waals surface area contributed by atoms with Crippen LogP contribution in [0.15, 0.2) is 6.20 Å². The molecule has 4 radical (unpaired) electrons. The number of aromatic nitrogens is 1. The van der Waals surface area contributed by atoms with Crippen LogP contribution in [-0.2, 0) is 17.9 Å². The van der Waals surface area contributed by atoms with Gasteiger partial charge in [-0.25, -0.2) is 0 Å². The van der Waals surface area contributed by atoms with Crippen LogP contribution in [-0.4, -0.2) is 26.2 Å². The fraction of sp³-hybridized carbons (Fsp3) is 0.375. The summed E-state index contributed by atoms with van der Waals surface area (Å²) in [5, 5.41) is 9.12. The molecule has 0 aromatic carbocycles. The van der Waals surface area contributed by atoms with Gasteiger partial charge in [0.15, 0.2) is 0 Å². The first-order valence-electron chi connectivity index (χ1n) is 4.01. The third-order valence-corrected chi connectivity index (χ3v) is 1.92. The van der Waals surface area contributed by atoms with E-state index in [1.165, 1.54) is 0 Å². The van der Waals surface area contributed by atoms with E-state index < -0.39 is 0 Å². The van der Waals surface area contributed by atoms with Crippen LogP contribution in [0.3, 0.4) is 0 Å². The summed E-state index contributed by atoms with van der Waals surface area (Å²) in [5.74, 6) is 0.363. The molecule has 0 amide bonds. The molecule has 0 spiro atoms. The van der Waals surface area contributed by atoms with Crippen molar-refractivity contribution in [2.75, 3.05) is 0 Å². The first-order chi connectivity index (χ1) is 6.74. The van der Waals surface area contributed by atoms with Crippen molar-refractivity contribution in [1.29, 1.82) is 0 Å². The molecule has 0 fully saturated rings. The van der Waals surface area contributed by atoms with Gasteiger partial charge < -0.3 is 14.4 Å². The van der Waals surface area contributed by atoms with Crippen molar-refractivity contribution in [1.82, 2.24) is 4.98 Å². The van der Waals surface area contributed by atoms with E-state index in [9.17, 15) is 0 Å². The van der Waals surface area contributed by atoms with Crippen LogP contribution in [0.1, 0.15) is 16.8 Å². The van der Waals surface area contributed by atoms with Gasteiger partial charge >= 0.3 is 8.05 Å². The molecular weight excluding hydrogens is 180 g/mol. The minimum absolute atomic E-state index is 0.152. The molecule has 1 heterocycles. The summed E-state index contributed by atoms with van der Waals surface area (Å²) < 4.78 is 9.10. The van der Waals surface area contributed by atoms with E-state index in [0.717, 1.165) is 0 Å². The molecule has 1 aromatic heterocycles. The lowest BCUT2D eigenvalue weighted by atomic mass is 10.1. The second kappa shape index (κ2) is 5.02. The quantitative estimate of drug-likeness (QED) is 0.674. The molecule has 1 N–H and O–H groups in total. The normalized spacial score (nSPS) is 10.1. The molecule has 0 saturated carbocycles. The average Bonchev–Trinajstić information content (AvgIpc) is 2.20. The third-order valence-electron chi connectivity index (χ3n) is 1.92. The second-order valence-corrected chi connectivity index (χ2v) is 2.76. The molecule has 0 aliphatic heterocycles. The Morgan fingerprint density at radius 2 is 2.21 bits per heavy atom. The Labute approximate surface area is 85.1 Å². The molecule has 0 saturated heterocycles. The van der Waals surface area contributed by atoms with E-state index >= 15 is 0 Å². The maximum atomic E-state index is 9.12. The predicted molar refractivity (Wildman–Crippen MR) is 51.8 cm³/mol. The van der Waals surface area contributed by atoms with Crippen LogP contribution < -0.4 is 4.65 Å². The number of pyridine rings is 1. The summed E-state index contributed by atoms with van der Waals surface area (Å²) in [5.41, 5.74) is 1.81. The van der Waals surface area contributed by atoms with E-state index in [-0.39, 0.29) is 13.2 Å². The van der Waals surface area contributed by atoms with E-state index in [4.69, 9.17) is 21.2 Å². The summed E-state index contributed by atoms with van der Waals surface area (Å²) in [6.07, 6.45) is 1.57. The lowest BCUT2D eigenvalue weighted by Crippen LogP contribution is -2.04. The molecule has 1 rings (SSSR count). The Balaban J connectivity index is 3.18. The molecular formula is C8H9B2NO3. The lowest BCUT2D eigenvalue weighted by Gasteiger charge is -2.13. The number of aliphatic hydroxyl groups excluding tert-OH is 1. The largest absolute Gasteiger partial charge is 0.566 e. The number of rotatable bonds is 4. The molecule has 70 valence electrons. The SMILES string of the molecule is [B]OCc1cnc(C)c(O[B])c1CO. The summed E-state index contributed by atoms with van der Waals surface area (Å²) in [7, 11) is 10.0. The van der Waals surface area contributed by atoms with Gasteiger partial charge in [-0.05, 0) is 6.92 Å². The van der Waals surface area contributed by atoms with Crippen molar-refractivity contribution in [2.24, 2.45) is 0 Å². The lowest BCUT2D eigenvalue weighted by molar-refractivity contribution is 0.270. The molecule has 0 bridgehead atoms. The van der Waals surface area contributed by atoms with E-state index in [0.29, 0.717) is 22.6 Å². The fourth-order valence-corrected chi connectivity index (χ4v) is 1.22. The molecule has 0 aliphatic carbocycles. The van der Waals surface area contributed by atoms with Crippen molar-refractivity contribution < 1.29 is 14.4 Å². The van der Waals surface area contributed by atoms with Gasteiger partial charge in [-0.1, -0.05) is 0 Å². The highest BCUT2D eigenvalue weighted by atomic mass is 16.4. The number of aryl methyl sites for hydroxylation is 1. The number of hydrogen-bond donors (Lipinski definition) is 1. The van der Waals surface area contributed by atoms with Gasteiger partial charge in [0.25, 0.3) is 8.05 Å². The van der Waals surface area contributed by atoms with Crippen LogP contribution in [0.4, 0.5) is 0 Å². The maximum Gasteiger partial charge on any atom is 0.374 e. The van der Waals surface area contributed by atoms with Gasteiger partial charge in [-0.15, -0.1) is 0 Å². The van der Waals surface area contributed by atoms with Crippen molar-refractivity contribution in [3.05, 3.63) is 23.0 Å². The highest BCUT2D eigenvalue weighted by Crippen LogP contribution is 2.24. The van der Waals surface area contributed by atoms with Gasteiger partial charge in [-0.2, -0.15) is 0 Å². The van der Waals surface area contributed by atoms with Crippen LogP contribution in [0.25, 0.3) is 0 Å². The Morgan fingerprint density at radius 1 is 1.50 bits per heavy atom. The summed E-state index contributed by atoms with van der Waals surface area (Å²) in [6.45, 7) is 1.68. The minimum atomic E-state index is -0.200. The Morgan fingerprint density at radius 3 is 2.71 bits per heavy atom. The predicted octanol–water partition coefficient (Wildman–Crippen LogP) is -0.0553. The fourth-order valence-electron chi connectivity index (χ4n) is 1.22. The Hall–Kier alpha value is -1.00. The van der Waals surface area contributed by atoms with Crippen LogP contribution >= 0.6 is 0 Å². The monoisotopic (exact) mass is 189 g/mol. The van der Waals surface area contributed by atoms with Crippen molar-refractivity contribution in [2.45, 2.75) is 20.1 Å². The van der Waals surface area contributed by atoms with Crippen LogP contribution in [0, 0.1) is 6.92 Å². The van der Waals surface area contributed by atoms with Gasteiger partial charge in [0, 0.05) is 17.3 Å². The third kappa shape index (κ3) is 2.08. The molecule has 1 aromatic rings. The van der Waals surface area contributed by atoms with Gasteiger partial charge in [-0.3, -0.25) is 4.98 Å². The van der Waals surface area contributed by atoms with E-state index in [2.05, 4.69) is 14.3 Å². The number of aliphatic hydroxyl groups is 1.